The highest BCUT2D eigenvalue weighted by Gasteiger charge is 2.21. The molecule has 0 spiro atoms. The van der Waals surface area contributed by atoms with Crippen LogP contribution in [0.25, 0.3) is 0 Å². The summed E-state index contributed by atoms with van der Waals surface area (Å²) in [6.45, 7) is 6.09. The molecule has 0 radical (unpaired) electrons. The molecule has 0 aliphatic carbocycles. The van der Waals surface area contributed by atoms with Gasteiger partial charge in [-0.2, -0.15) is 5.26 Å². The zero-order chi connectivity index (χ0) is 26.5. The second-order valence-corrected chi connectivity index (χ2v) is 10.1. The summed E-state index contributed by atoms with van der Waals surface area (Å²) >= 11 is 1.68. The lowest BCUT2D eigenvalue weighted by atomic mass is 9.85. The number of carbonyl (C=O) groups is 2. The third kappa shape index (κ3) is 8.77. The average Bonchev–Trinajstić information content (AvgIpc) is 2.87. The fraction of sp³-hybridized carbons (Fsp3) is 0.483. The highest BCUT2D eigenvalue weighted by Crippen LogP contribution is 2.30. The zero-order valence-electron chi connectivity index (χ0n) is 21.5. The lowest BCUT2D eigenvalue weighted by Gasteiger charge is -2.22. The molecule has 0 saturated carbocycles. The van der Waals surface area contributed by atoms with E-state index in [0.29, 0.717) is 30.6 Å². The monoisotopic (exact) mass is 511 g/mol. The van der Waals surface area contributed by atoms with E-state index in [-0.39, 0.29) is 38.1 Å². The molecule has 0 unspecified atom stereocenters. The number of aryl methyl sites for hydroxylation is 3. The Bertz CT molecular complexity index is 1040. The second-order valence-electron chi connectivity index (χ2n) is 9.04. The highest BCUT2D eigenvalue weighted by molar-refractivity contribution is 7.99. The fourth-order valence-electron chi connectivity index (χ4n) is 4.48. The molecule has 36 heavy (non-hydrogen) atoms. The first-order valence-electron chi connectivity index (χ1n) is 12.4. The number of rotatable bonds is 15. The van der Waals surface area contributed by atoms with Gasteiger partial charge >= 0.3 is 5.97 Å². The molecular formula is C29H37NO5S. The molecule has 0 amide bonds. The molecule has 2 aromatic carbocycles. The van der Waals surface area contributed by atoms with Crippen LogP contribution in [-0.2, 0) is 33.6 Å². The number of aldehydes is 1. The number of hydrogen-bond acceptors (Lipinski definition) is 7. The van der Waals surface area contributed by atoms with E-state index >= 15 is 0 Å². The number of aliphatic hydroxyl groups excluding tert-OH is 2. The van der Waals surface area contributed by atoms with Crippen molar-refractivity contribution in [2.24, 2.45) is 11.8 Å². The molecule has 0 saturated heterocycles. The highest BCUT2D eigenvalue weighted by atomic mass is 32.2. The molecule has 2 aromatic rings. The number of carbonyl (C=O) groups excluding carboxylic acids is 2. The van der Waals surface area contributed by atoms with E-state index in [2.05, 4.69) is 39.0 Å². The molecule has 6 nitrogen and oxygen atoms in total. The summed E-state index contributed by atoms with van der Waals surface area (Å²) in [5.74, 6) is 0.309. The van der Waals surface area contributed by atoms with E-state index in [1.54, 1.807) is 17.8 Å². The molecule has 0 heterocycles. The number of thioether (sulfide) groups is 1. The van der Waals surface area contributed by atoms with Gasteiger partial charge in [-0.1, -0.05) is 25.5 Å². The first kappa shape index (κ1) is 29.6. The Kier molecular flexibility index (Phi) is 12.7. The molecule has 0 aromatic heterocycles. The topological polar surface area (TPSA) is 108 Å². The number of esters is 1. The molecular weight excluding hydrogens is 474 g/mol. The van der Waals surface area contributed by atoms with Crippen LogP contribution in [0.5, 0.6) is 0 Å². The number of aliphatic hydroxyl groups is 2. The van der Waals surface area contributed by atoms with Crippen LogP contribution in [0.15, 0.2) is 35.2 Å². The Labute approximate surface area is 218 Å². The van der Waals surface area contributed by atoms with Crippen LogP contribution in [0.3, 0.4) is 0 Å². The van der Waals surface area contributed by atoms with Crippen LogP contribution in [0, 0.1) is 37.0 Å². The molecule has 0 bridgehead atoms. The summed E-state index contributed by atoms with van der Waals surface area (Å²) in [6.07, 6.45) is 3.78. The third-order valence-electron chi connectivity index (χ3n) is 6.52. The van der Waals surface area contributed by atoms with Gasteiger partial charge < -0.3 is 19.7 Å². The van der Waals surface area contributed by atoms with Gasteiger partial charge in [-0.25, -0.2) is 0 Å². The summed E-state index contributed by atoms with van der Waals surface area (Å²) in [6, 6.07) is 12.1. The lowest BCUT2D eigenvalue weighted by molar-refractivity contribution is -0.144. The number of benzene rings is 2. The average molecular weight is 512 g/mol. The zero-order valence-corrected chi connectivity index (χ0v) is 22.3. The van der Waals surface area contributed by atoms with E-state index in [1.165, 1.54) is 5.56 Å². The van der Waals surface area contributed by atoms with Crippen molar-refractivity contribution in [3.8, 4) is 6.07 Å². The van der Waals surface area contributed by atoms with Gasteiger partial charge in [-0.05, 0) is 85.0 Å². The van der Waals surface area contributed by atoms with Crippen LogP contribution >= 0.6 is 11.8 Å². The minimum Gasteiger partial charge on any atom is -0.463 e. The van der Waals surface area contributed by atoms with Crippen molar-refractivity contribution >= 4 is 24.0 Å². The number of ether oxygens (including phenoxy) is 1. The second kappa shape index (κ2) is 15.5. The SMILES string of the molecule is CC[C@H](Cc1ccc(C#N)c(CCC(=O)OCCO)c1)[C@H](C=O)CSc1cc(C)c(CCO)c(C)c1. The smallest absolute Gasteiger partial charge is 0.306 e. The minimum absolute atomic E-state index is 0.0286. The molecule has 2 N–H and O–H groups in total. The predicted molar refractivity (Wildman–Crippen MR) is 142 cm³/mol. The van der Waals surface area contributed by atoms with Gasteiger partial charge in [0.25, 0.3) is 0 Å². The Balaban J connectivity index is 2.09. The molecule has 2 atom stereocenters. The third-order valence-corrected chi connectivity index (χ3v) is 7.64. The molecule has 7 heteroatoms. The van der Waals surface area contributed by atoms with E-state index in [0.717, 1.165) is 39.9 Å². The summed E-state index contributed by atoms with van der Waals surface area (Å²) in [4.78, 5) is 25.0. The Morgan fingerprint density at radius 3 is 2.44 bits per heavy atom. The van der Waals surface area contributed by atoms with Crippen molar-refractivity contribution < 1.29 is 24.5 Å². The van der Waals surface area contributed by atoms with Gasteiger partial charge in [-0.3, -0.25) is 4.79 Å². The van der Waals surface area contributed by atoms with Crippen molar-refractivity contribution in [1.82, 2.24) is 0 Å². The van der Waals surface area contributed by atoms with Gasteiger partial charge in [0.1, 0.15) is 12.9 Å². The molecule has 2 rings (SSSR count). The first-order valence-corrected chi connectivity index (χ1v) is 13.4. The molecule has 0 aliphatic heterocycles. The Morgan fingerprint density at radius 1 is 1.14 bits per heavy atom. The van der Waals surface area contributed by atoms with Gasteiger partial charge in [0.05, 0.1) is 18.2 Å². The predicted octanol–water partition coefficient (Wildman–Crippen LogP) is 4.35. The minimum atomic E-state index is -0.405. The molecule has 194 valence electrons. The van der Waals surface area contributed by atoms with Gasteiger partial charge in [0.2, 0.25) is 0 Å². The van der Waals surface area contributed by atoms with Gasteiger partial charge in [0, 0.05) is 29.6 Å². The van der Waals surface area contributed by atoms with E-state index in [9.17, 15) is 20.0 Å². The molecule has 0 fully saturated rings. The van der Waals surface area contributed by atoms with Crippen LogP contribution in [-0.4, -0.2) is 48.0 Å². The van der Waals surface area contributed by atoms with Crippen molar-refractivity contribution in [3.05, 3.63) is 63.7 Å². The van der Waals surface area contributed by atoms with E-state index in [4.69, 9.17) is 9.84 Å². The first-order chi connectivity index (χ1) is 17.4. The number of nitriles is 1. The van der Waals surface area contributed by atoms with Crippen molar-refractivity contribution in [2.75, 3.05) is 25.6 Å². The lowest BCUT2D eigenvalue weighted by Crippen LogP contribution is -2.20. The molecule has 0 aliphatic rings. The quantitative estimate of drug-likeness (QED) is 0.208. The summed E-state index contributed by atoms with van der Waals surface area (Å²) in [5, 5.41) is 27.6. The summed E-state index contributed by atoms with van der Waals surface area (Å²) in [5.41, 5.74) is 5.85. The summed E-state index contributed by atoms with van der Waals surface area (Å²) < 4.78 is 4.92. The van der Waals surface area contributed by atoms with Crippen molar-refractivity contribution in [1.29, 1.82) is 5.26 Å². The van der Waals surface area contributed by atoms with Gasteiger partial charge in [0.15, 0.2) is 0 Å². The van der Waals surface area contributed by atoms with E-state index in [1.807, 2.05) is 12.1 Å². The van der Waals surface area contributed by atoms with Gasteiger partial charge in [-0.15, -0.1) is 11.8 Å². The van der Waals surface area contributed by atoms with Crippen LogP contribution in [0.2, 0.25) is 0 Å². The number of nitrogens with zero attached hydrogens (tertiary/aromatic N) is 1. The number of hydrogen-bond donors (Lipinski definition) is 2. The largest absolute Gasteiger partial charge is 0.463 e. The Morgan fingerprint density at radius 2 is 1.86 bits per heavy atom. The maximum absolute atomic E-state index is 12.1. The van der Waals surface area contributed by atoms with Crippen molar-refractivity contribution in [2.45, 2.75) is 57.8 Å². The van der Waals surface area contributed by atoms with E-state index < -0.39 is 5.97 Å². The Hall–Kier alpha value is -2.66. The van der Waals surface area contributed by atoms with Crippen molar-refractivity contribution in [3.63, 3.8) is 0 Å². The fourth-order valence-corrected chi connectivity index (χ4v) is 5.74. The van der Waals surface area contributed by atoms with Crippen LogP contribution in [0.1, 0.15) is 53.1 Å². The van der Waals surface area contributed by atoms with Crippen LogP contribution in [0.4, 0.5) is 0 Å². The normalized spacial score (nSPS) is 12.6. The van der Waals surface area contributed by atoms with Crippen LogP contribution < -0.4 is 0 Å². The maximum atomic E-state index is 12.1. The summed E-state index contributed by atoms with van der Waals surface area (Å²) in [7, 11) is 0. The maximum Gasteiger partial charge on any atom is 0.306 e. The standard InChI is InChI=1S/C29H37NO5S/c1-4-23(26(18-33)19-36-27-13-20(2)28(9-10-31)21(3)14-27)15-22-5-6-25(17-30)24(16-22)7-8-29(34)35-12-11-32/h5-6,13-14,16,18,23,26,31-32H,4,7-12,15,19H2,1-3H3/t23-,26-/m1/s1.